The molecule has 1 aliphatic rings. The first-order valence-corrected chi connectivity index (χ1v) is 8.74. The molecule has 25 heavy (non-hydrogen) atoms. The summed E-state index contributed by atoms with van der Waals surface area (Å²) in [5.41, 5.74) is 1.74. The molecule has 1 aromatic heterocycles. The lowest BCUT2D eigenvalue weighted by Crippen LogP contribution is -2.35. The Balaban J connectivity index is 1.51. The average Bonchev–Trinajstić information content (AvgIpc) is 2.69. The van der Waals surface area contributed by atoms with Gasteiger partial charge in [0.15, 0.2) is 0 Å². The van der Waals surface area contributed by atoms with Gasteiger partial charge in [-0.3, -0.25) is 4.79 Å². The fourth-order valence-electron chi connectivity index (χ4n) is 2.96. The van der Waals surface area contributed by atoms with Crippen LogP contribution in [0.4, 0.5) is 5.95 Å². The first kappa shape index (κ1) is 17.2. The zero-order chi connectivity index (χ0) is 17.5. The Morgan fingerprint density at radius 3 is 2.68 bits per heavy atom. The molecule has 3 rings (SSSR count). The number of carbonyl (C=O) groups is 1. The van der Waals surface area contributed by atoms with Gasteiger partial charge in [-0.2, -0.15) is 0 Å². The lowest BCUT2D eigenvalue weighted by molar-refractivity contribution is 0.0723. The molecule has 1 saturated heterocycles. The van der Waals surface area contributed by atoms with Crippen molar-refractivity contribution in [3.63, 3.8) is 0 Å². The summed E-state index contributed by atoms with van der Waals surface area (Å²) in [5, 5.41) is 3.19. The predicted molar refractivity (Wildman–Crippen MR) is 97.0 cm³/mol. The molecular formula is C19H24N4O2. The highest BCUT2D eigenvalue weighted by Gasteiger charge is 2.18. The molecule has 0 atom stereocenters. The second kappa shape index (κ2) is 8.46. The number of nitrogens with one attached hydrogen (secondary N) is 1. The molecule has 0 saturated carbocycles. The lowest BCUT2D eigenvalue weighted by atomic mass is 10.1. The Hall–Kier alpha value is -2.63. The predicted octanol–water partition coefficient (Wildman–Crippen LogP) is 2.77. The number of methoxy groups -OCH3 is 1. The number of rotatable bonds is 6. The summed E-state index contributed by atoms with van der Waals surface area (Å²) in [6, 6.07) is 7.98. The number of hydrogen-bond donors (Lipinski definition) is 1. The van der Waals surface area contributed by atoms with Gasteiger partial charge in [-0.15, -0.1) is 0 Å². The van der Waals surface area contributed by atoms with E-state index in [9.17, 15) is 4.79 Å². The van der Waals surface area contributed by atoms with Crippen LogP contribution in [0.5, 0.6) is 5.75 Å². The number of likely N-dealkylation sites (tertiary alicyclic amines) is 1. The van der Waals surface area contributed by atoms with Crippen molar-refractivity contribution in [2.24, 2.45) is 0 Å². The molecule has 1 aliphatic heterocycles. The van der Waals surface area contributed by atoms with Crippen molar-refractivity contribution in [1.29, 1.82) is 0 Å². The maximum absolute atomic E-state index is 12.4. The van der Waals surface area contributed by atoms with E-state index in [1.165, 1.54) is 12.0 Å². The van der Waals surface area contributed by atoms with Gasteiger partial charge in [0.05, 0.1) is 12.7 Å². The summed E-state index contributed by atoms with van der Waals surface area (Å²) < 4.78 is 5.22. The van der Waals surface area contributed by atoms with E-state index in [1.54, 1.807) is 19.5 Å². The van der Waals surface area contributed by atoms with Gasteiger partial charge >= 0.3 is 0 Å². The Labute approximate surface area is 148 Å². The Bertz CT molecular complexity index is 697. The van der Waals surface area contributed by atoms with Gasteiger partial charge in [0.25, 0.3) is 5.91 Å². The highest BCUT2D eigenvalue weighted by atomic mass is 16.5. The first-order valence-electron chi connectivity index (χ1n) is 8.74. The molecule has 0 radical (unpaired) electrons. The number of hydrogen-bond acceptors (Lipinski definition) is 5. The van der Waals surface area contributed by atoms with Gasteiger partial charge in [-0.1, -0.05) is 12.1 Å². The lowest BCUT2D eigenvalue weighted by Gasteiger charge is -2.26. The molecule has 0 aliphatic carbocycles. The van der Waals surface area contributed by atoms with Crippen LogP contribution < -0.4 is 10.1 Å². The van der Waals surface area contributed by atoms with Gasteiger partial charge in [0.2, 0.25) is 5.95 Å². The third-order valence-corrected chi connectivity index (χ3v) is 4.37. The number of amides is 1. The molecule has 1 N–H and O–H groups in total. The second-order valence-electron chi connectivity index (χ2n) is 6.18. The highest BCUT2D eigenvalue weighted by Crippen LogP contribution is 2.14. The normalized spacial score (nSPS) is 14.2. The molecule has 0 unspecified atom stereocenters. The minimum absolute atomic E-state index is 0.0302. The molecule has 1 amide bonds. The number of nitrogens with zero attached hydrogens (tertiary/aromatic N) is 3. The second-order valence-corrected chi connectivity index (χ2v) is 6.18. The third kappa shape index (κ3) is 4.68. The van der Waals surface area contributed by atoms with Crippen molar-refractivity contribution < 1.29 is 9.53 Å². The van der Waals surface area contributed by atoms with Crippen molar-refractivity contribution in [1.82, 2.24) is 14.9 Å². The minimum atomic E-state index is 0.0302. The first-order chi connectivity index (χ1) is 12.3. The zero-order valence-electron chi connectivity index (χ0n) is 14.6. The van der Waals surface area contributed by atoms with E-state index in [0.717, 1.165) is 38.1 Å². The summed E-state index contributed by atoms with van der Waals surface area (Å²) in [5.74, 6) is 1.43. The molecule has 0 bridgehead atoms. The van der Waals surface area contributed by atoms with Gasteiger partial charge < -0.3 is 15.0 Å². The molecule has 2 aromatic rings. The fourth-order valence-corrected chi connectivity index (χ4v) is 2.96. The largest absolute Gasteiger partial charge is 0.497 e. The van der Waals surface area contributed by atoms with Crippen molar-refractivity contribution in [3.05, 3.63) is 47.8 Å². The van der Waals surface area contributed by atoms with Crippen LogP contribution in [0.1, 0.15) is 35.2 Å². The third-order valence-electron chi connectivity index (χ3n) is 4.37. The molecule has 0 spiro atoms. The number of benzene rings is 1. The van der Waals surface area contributed by atoms with Crippen LogP contribution in [0.3, 0.4) is 0 Å². The highest BCUT2D eigenvalue weighted by molar-refractivity contribution is 5.93. The number of piperidine rings is 1. The maximum Gasteiger partial charge on any atom is 0.256 e. The smallest absolute Gasteiger partial charge is 0.256 e. The molecule has 6 nitrogen and oxygen atoms in total. The zero-order valence-corrected chi connectivity index (χ0v) is 14.6. The molecule has 132 valence electrons. The van der Waals surface area contributed by atoms with E-state index >= 15 is 0 Å². The summed E-state index contributed by atoms with van der Waals surface area (Å²) in [6.07, 6.45) is 7.42. The van der Waals surface area contributed by atoms with E-state index in [0.29, 0.717) is 18.1 Å². The van der Waals surface area contributed by atoms with E-state index < -0.39 is 0 Å². The van der Waals surface area contributed by atoms with E-state index in [-0.39, 0.29) is 5.91 Å². The van der Waals surface area contributed by atoms with Crippen LogP contribution >= 0.6 is 0 Å². The van der Waals surface area contributed by atoms with Gasteiger partial charge in [0, 0.05) is 32.0 Å². The van der Waals surface area contributed by atoms with Crippen LogP contribution in [0.2, 0.25) is 0 Å². The molecule has 1 aromatic carbocycles. The Morgan fingerprint density at radius 2 is 1.96 bits per heavy atom. The average molecular weight is 340 g/mol. The molecular weight excluding hydrogens is 316 g/mol. The molecule has 6 heteroatoms. The van der Waals surface area contributed by atoms with Crippen LogP contribution in [0.15, 0.2) is 36.7 Å². The van der Waals surface area contributed by atoms with Gasteiger partial charge in [-0.25, -0.2) is 9.97 Å². The van der Waals surface area contributed by atoms with Crippen LogP contribution in [0, 0.1) is 0 Å². The van der Waals surface area contributed by atoms with Gasteiger partial charge in [0.1, 0.15) is 5.75 Å². The number of anilines is 1. The maximum atomic E-state index is 12.4. The molecule has 2 heterocycles. The standard InChI is InChI=1S/C19H24N4O2/c1-25-17-7-5-6-15(12-17)8-9-20-19-21-13-16(14-22-19)18(24)23-10-3-2-4-11-23/h5-7,12-14H,2-4,8-11H2,1H3,(H,20,21,22). The van der Waals surface area contributed by atoms with E-state index in [4.69, 9.17) is 4.74 Å². The van der Waals surface area contributed by atoms with Gasteiger partial charge in [-0.05, 0) is 43.4 Å². The summed E-state index contributed by atoms with van der Waals surface area (Å²) in [4.78, 5) is 22.8. The number of ether oxygens (including phenoxy) is 1. The van der Waals surface area contributed by atoms with Crippen LogP contribution in [-0.4, -0.2) is 47.5 Å². The Kier molecular flexibility index (Phi) is 5.82. The molecule has 1 fully saturated rings. The van der Waals surface area contributed by atoms with Crippen molar-refractivity contribution in [2.75, 3.05) is 32.1 Å². The van der Waals surface area contributed by atoms with Crippen LogP contribution in [0.25, 0.3) is 0 Å². The number of aromatic nitrogens is 2. The van der Waals surface area contributed by atoms with Crippen molar-refractivity contribution >= 4 is 11.9 Å². The number of carbonyl (C=O) groups excluding carboxylic acids is 1. The van der Waals surface area contributed by atoms with E-state index in [1.807, 2.05) is 23.1 Å². The topological polar surface area (TPSA) is 67.3 Å². The quantitative estimate of drug-likeness (QED) is 0.876. The Morgan fingerprint density at radius 1 is 1.20 bits per heavy atom. The summed E-state index contributed by atoms with van der Waals surface area (Å²) >= 11 is 0. The van der Waals surface area contributed by atoms with Crippen LogP contribution in [-0.2, 0) is 6.42 Å². The van der Waals surface area contributed by atoms with E-state index in [2.05, 4.69) is 21.4 Å². The SMILES string of the molecule is COc1cccc(CCNc2ncc(C(=O)N3CCCCC3)cn2)c1. The minimum Gasteiger partial charge on any atom is -0.497 e. The summed E-state index contributed by atoms with van der Waals surface area (Å²) in [7, 11) is 1.66. The summed E-state index contributed by atoms with van der Waals surface area (Å²) in [6.45, 7) is 2.38. The fraction of sp³-hybridized carbons (Fsp3) is 0.421. The monoisotopic (exact) mass is 340 g/mol. The van der Waals surface area contributed by atoms with Crippen molar-refractivity contribution in [3.8, 4) is 5.75 Å². The van der Waals surface area contributed by atoms with Crippen molar-refractivity contribution in [2.45, 2.75) is 25.7 Å².